The number of aromatic nitrogens is 2. The average molecular weight is 380 g/mol. The molecule has 1 fully saturated rings. The van der Waals surface area contributed by atoms with Gasteiger partial charge in [0.25, 0.3) is 0 Å². The Morgan fingerprint density at radius 3 is 2.79 bits per heavy atom. The van der Waals surface area contributed by atoms with E-state index in [9.17, 15) is 5.11 Å². The molecule has 2 aliphatic rings. The summed E-state index contributed by atoms with van der Waals surface area (Å²) in [5.41, 5.74) is 3.28. The third-order valence-electron chi connectivity index (χ3n) is 5.94. The summed E-state index contributed by atoms with van der Waals surface area (Å²) in [4.78, 5) is 7.33. The van der Waals surface area contributed by atoms with Crippen LogP contribution in [-0.2, 0) is 19.9 Å². The van der Waals surface area contributed by atoms with E-state index in [0.29, 0.717) is 17.9 Å². The molecule has 2 atom stereocenters. The van der Waals surface area contributed by atoms with Crippen LogP contribution in [0.3, 0.4) is 0 Å². The van der Waals surface area contributed by atoms with Crippen molar-refractivity contribution in [3.63, 3.8) is 0 Å². The van der Waals surface area contributed by atoms with Crippen molar-refractivity contribution < 1.29 is 9.84 Å². The minimum absolute atomic E-state index is 0.242. The highest BCUT2D eigenvalue weighted by molar-refractivity contribution is 5.34. The number of ether oxygens (including phenoxy) is 1. The normalized spacial score (nSPS) is 20.5. The first kappa shape index (κ1) is 19.0. The second-order valence-electron chi connectivity index (χ2n) is 7.88. The maximum Gasteiger partial charge on any atom is 0.126 e. The third-order valence-corrected chi connectivity index (χ3v) is 5.94. The number of aryl methyl sites for hydroxylation is 1. The number of nitrogens with zero attached hydrogens (tertiary/aromatic N) is 4. The molecule has 1 aliphatic carbocycles. The Bertz CT molecular complexity index is 853. The lowest BCUT2D eigenvalue weighted by atomic mass is 10.0. The fourth-order valence-corrected chi connectivity index (χ4v) is 4.48. The van der Waals surface area contributed by atoms with Gasteiger partial charge >= 0.3 is 0 Å². The molecule has 1 aromatic heterocycles. The van der Waals surface area contributed by atoms with E-state index in [2.05, 4.69) is 22.6 Å². The molecule has 1 aromatic carbocycles. The standard InChI is InChI=1S/C22H28N4O2/c1-25-20-6-3-2-5-19(20)24-22(25)21-7-4-12-26(21)14-17(27)15-28-18-10-8-16(13-23)9-11-18/h8-11,17,21,27H,2-7,12,14-15H2,1H3. The van der Waals surface area contributed by atoms with Crippen LogP contribution in [-0.4, -0.2) is 45.4 Å². The zero-order chi connectivity index (χ0) is 19.5. The van der Waals surface area contributed by atoms with Crippen LogP contribution in [0.15, 0.2) is 24.3 Å². The second kappa shape index (κ2) is 8.34. The molecule has 6 heteroatoms. The molecule has 148 valence electrons. The Balaban J connectivity index is 1.37. The first-order chi connectivity index (χ1) is 13.7. The van der Waals surface area contributed by atoms with E-state index >= 15 is 0 Å². The highest BCUT2D eigenvalue weighted by Gasteiger charge is 2.32. The van der Waals surface area contributed by atoms with E-state index in [-0.39, 0.29) is 12.6 Å². The van der Waals surface area contributed by atoms with Crippen molar-refractivity contribution in [1.82, 2.24) is 14.5 Å². The second-order valence-corrected chi connectivity index (χ2v) is 7.88. The van der Waals surface area contributed by atoms with Gasteiger partial charge in [-0.05, 0) is 69.3 Å². The number of rotatable bonds is 6. The largest absolute Gasteiger partial charge is 0.491 e. The van der Waals surface area contributed by atoms with Gasteiger partial charge in [-0.1, -0.05) is 0 Å². The molecule has 0 amide bonds. The molecule has 0 bridgehead atoms. The van der Waals surface area contributed by atoms with Crippen LogP contribution >= 0.6 is 0 Å². The highest BCUT2D eigenvalue weighted by atomic mass is 16.5. The van der Waals surface area contributed by atoms with Gasteiger partial charge in [0.2, 0.25) is 0 Å². The maximum atomic E-state index is 10.5. The van der Waals surface area contributed by atoms with E-state index in [0.717, 1.165) is 38.1 Å². The van der Waals surface area contributed by atoms with Crippen molar-refractivity contribution in [2.24, 2.45) is 7.05 Å². The van der Waals surface area contributed by atoms with Crippen molar-refractivity contribution in [3.8, 4) is 11.8 Å². The summed E-state index contributed by atoms with van der Waals surface area (Å²) in [7, 11) is 2.15. The number of aliphatic hydroxyl groups excluding tert-OH is 1. The quantitative estimate of drug-likeness (QED) is 0.834. The summed E-state index contributed by atoms with van der Waals surface area (Å²) >= 11 is 0. The van der Waals surface area contributed by atoms with Crippen LogP contribution < -0.4 is 4.74 Å². The zero-order valence-corrected chi connectivity index (χ0v) is 16.5. The van der Waals surface area contributed by atoms with Crippen molar-refractivity contribution in [3.05, 3.63) is 47.0 Å². The number of likely N-dealkylation sites (tertiary alicyclic amines) is 1. The lowest BCUT2D eigenvalue weighted by Crippen LogP contribution is -2.36. The van der Waals surface area contributed by atoms with Gasteiger partial charge in [0.1, 0.15) is 24.3 Å². The number of aliphatic hydroxyl groups is 1. The number of fused-ring (bicyclic) bond motifs is 1. The van der Waals surface area contributed by atoms with E-state index < -0.39 is 6.10 Å². The molecule has 2 unspecified atom stereocenters. The van der Waals surface area contributed by atoms with E-state index in [4.69, 9.17) is 15.0 Å². The molecule has 6 nitrogen and oxygen atoms in total. The third kappa shape index (κ3) is 3.91. The van der Waals surface area contributed by atoms with Crippen molar-refractivity contribution in [2.75, 3.05) is 19.7 Å². The summed E-state index contributed by atoms with van der Waals surface area (Å²) in [5, 5.41) is 19.4. The van der Waals surface area contributed by atoms with Gasteiger partial charge in [-0.25, -0.2) is 4.98 Å². The van der Waals surface area contributed by atoms with Crippen LogP contribution in [0.2, 0.25) is 0 Å². The minimum Gasteiger partial charge on any atom is -0.491 e. The number of benzene rings is 1. The van der Waals surface area contributed by atoms with Gasteiger partial charge in [-0.2, -0.15) is 5.26 Å². The summed E-state index contributed by atoms with van der Waals surface area (Å²) in [5.74, 6) is 1.83. The minimum atomic E-state index is -0.564. The Labute approximate surface area is 166 Å². The Hall–Kier alpha value is -2.36. The summed E-state index contributed by atoms with van der Waals surface area (Å²) in [6.07, 6.45) is 6.38. The fraction of sp³-hybridized carbons (Fsp3) is 0.545. The monoisotopic (exact) mass is 380 g/mol. The molecule has 28 heavy (non-hydrogen) atoms. The Morgan fingerprint density at radius 1 is 1.25 bits per heavy atom. The molecule has 2 aromatic rings. The summed E-state index contributed by atoms with van der Waals surface area (Å²) < 4.78 is 8.00. The Kier molecular flexibility index (Phi) is 5.65. The first-order valence-electron chi connectivity index (χ1n) is 10.2. The SMILES string of the molecule is Cn1c(C2CCCN2CC(O)COc2ccc(C#N)cc2)nc2c1CCCC2. The van der Waals surface area contributed by atoms with Crippen molar-refractivity contribution in [1.29, 1.82) is 5.26 Å². The van der Waals surface area contributed by atoms with Gasteiger partial charge in [-0.15, -0.1) is 0 Å². The van der Waals surface area contributed by atoms with E-state index in [1.54, 1.807) is 24.3 Å². The maximum absolute atomic E-state index is 10.5. The molecule has 0 spiro atoms. The van der Waals surface area contributed by atoms with Crippen LogP contribution in [0.25, 0.3) is 0 Å². The lowest BCUT2D eigenvalue weighted by molar-refractivity contribution is 0.0623. The molecular formula is C22H28N4O2. The predicted molar refractivity (Wildman–Crippen MR) is 106 cm³/mol. The fourth-order valence-electron chi connectivity index (χ4n) is 4.48. The number of nitriles is 1. The summed E-state index contributed by atoms with van der Waals surface area (Å²) in [6.45, 7) is 1.81. The van der Waals surface area contributed by atoms with Gasteiger partial charge in [-0.3, -0.25) is 4.90 Å². The molecule has 2 heterocycles. The van der Waals surface area contributed by atoms with E-state index in [1.165, 1.54) is 24.2 Å². The van der Waals surface area contributed by atoms with Gasteiger partial charge in [0.05, 0.1) is 23.4 Å². The number of hydrogen-bond donors (Lipinski definition) is 1. The lowest BCUT2D eigenvalue weighted by Gasteiger charge is -2.26. The molecule has 0 radical (unpaired) electrons. The van der Waals surface area contributed by atoms with Gasteiger partial charge in [0.15, 0.2) is 0 Å². The van der Waals surface area contributed by atoms with Crippen LogP contribution in [0, 0.1) is 11.3 Å². The predicted octanol–water partition coefficient (Wildman–Crippen LogP) is 2.75. The smallest absolute Gasteiger partial charge is 0.126 e. The van der Waals surface area contributed by atoms with E-state index in [1.807, 2.05) is 0 Å². The van der Waals surface area contributed by atoms with Crippen molar-refractivity contribution >= 4 is 0 Å². The topological polar surface area (TPSA) is 74.3 Å². The molecule has 4 rings (SSSR count). The number of β-amino-alcohol motifs (C(OH)–C–C–N with tert-alkyl or cyclic N) is 1. The average Bonchev–Trinajstić information content (AvgIpc) is 3.31. The molecule has 0 saturated carbocycles. The molecular weight excluding hydrogens is 352 g/mol. The van der Waals surface area contributed by atoms with Crippen LogP contribution in [0.1, 0.15) is 54.5 Å². The summed E-state index contributed by atoms with van der Waals surface area (Å²) in [6, 6.07) is 9.35. The number of imidazole rings is 1. The van der Waals surface area contributed by atoms with Crippen LogP contribution in [0.4, 0.5) is 0 Å². The molecule has 1 N–H and O–H groups in total. The Morgan fingerprint density at radius 2 is 2.04 bits per heavy atom. The molecule has 1 saturated heterocycles. The first-order valence-corrected chi connectivity index (χ1v) is 10.2. The number of hydrogen-bond acceptors (Lipinski definition) is 5. The molecule has 1 aliphatic heterocycles. The van der Waals surface area contributed by atoms with Crippen molar-refractivity contribution in [2.45, 2.75) is 50.7 Å². The zero-order valence-electron chi connectivity index (χ0n) is 16.5. The van der Waals surface area contributed by atoms with Gasteiger partial charge in [0, 0.05) is 19.3 Å². The van der Waals surface area contributed by atoms with Crippen LogP contribution in [0.5, 0.6) is 5.75 Å². The van der Waals surface area contributed by atoms with Gasteiger partial charge < -0.3 is 14.4 Å². The highest BCUT2D eigenvalue weighted by Crippen LogP contribution is 2.33.